The summed E-state index contributed by atoms with van der Waals surface area (Å²) in [5, 5.41) is 2.98. The predicted molar refractivity (Wildman–Crippen MR) is 74.1 cm³/mol. The zero-order valence-electron chi connectivity index (χ0n) is 11.7. The van der Waals surface area contributed by atoms with E-state index in [1.165, 1.54) is 49.9 Å². The summed E-state index contributed by atoms with van der Waals surface area (Å²) in [5.74, 6) is -0.0710. The highest BCUT2D eigenvalue weighted by Gasteiger charge is 2.42. The number of ether oxygens (including phenoxy) is 1. The first-order valence-electron chi connectivity index (χ1n) is 7.35. The summed E-state index contributed by atoms with van der Waals surface area (Å²) in [6.07, 6.45) is 4.71. The maximum absolute atomic E-state index is 12.8. The summed E-state index contributed by atoms with van der Waals surface area (Å²) >= 11 is 0. The molecule has 0 bridgehead atoms. The number of rotatable bonds is 6. The Bertz CT molecular complexity index is 523. The van der Waals surface area contributed by atoms with Crippen LogP contribution in [0, 0.1) is 17.7 Å². The third-order valence-electron chi connectivity index (χ3n) is 4.00. The molecule has 21 heavy (non-hydrogen) atoms. The molecule has 0 radical (unpaired) electrons. The zero-order chi connectivity index (χ0) is 14.8. The van der Waals surface area contributed by atoms with Crippen LogP contribution in [0.1, 0.15) is 36.0 Å². The summed E-state index contributed by atoms with van der Waals surface area (Å²) in [6.45, 7) is -0.286. The first kappa shape index (κ1) is 14.0. The first-order valence-corrected chi connectivity index (χ1v) is 7.35. The Hall–Kier alpha value is -1.91. The van der Waals surface area contributed by atoms with Crippen LogP contribution in [0.4, 0.5) is 4.39 Å². The normalized spacial score (nSPS) is 17.6. The lowest BCUT2D eigenvalue weighted by molar-refractivity contribution is -0.125. The van der Waals surface area contributed by atoms with Gasteiger partial charge >= 0.3 is 5.97 Å². The van der Waals surface area contributed by atoms with E-state index in [0.717, 1.165) is 0 Å². The highest BCUT2D eigenvalue weighted by Crippen LogP contribution is 2.44. The Balaban J connectivity index is 1.46. The molecule has 0 spiro atoms. The number of nitrogens with one attached hydrogen (secondary N) is 1. The van der Waals surface area contributed by atoms with E-state index >= 15 is 0 Å². The van der Waals surface area contributed by atoms with Crippen molar-refractivity contribution in [2.24, 2.45) is 11.8 Å². The van der Waals surface area contributed by atoms with Gasteiger partial charge in [-0.1, -0.05) is 0 Å². The van der Waals surface area contributed by atoms with Gasteiger partial charge in [-0.05, 0) is 61.8 Å². The standard InChI is InChI=1S/C16H18FNO3/c17-13-7-5-12(6-8-13)16(20)21-9-14(19)18-15(10-1-2-10)11-3-4-11/h5-8,10-11,15H,1-4,9H2,(H,18,19). The minimum absolute atomic E-state index is 0.241. The fourth-order valence-corrected chi connectivity index (χ4v) is 2.56. The van der Waals surface area contributed by atoms with Gasteiger partial charge in [-0.2, -0.15) is 0 Å². The molecule has 0 atom stereocenters. The Labute approximate surface area is 122 Å². The molecule has 3 rings (SSSR count). The number of carbonyl (C=O) groups is 2. The van der Waals surface area contributed by atoms with Crippen LogP contribution >= 0.6 is 0 Å². The van der Waals surface area contributed by atoms with Gasteiger partial charge in [0.05, 0.1) is 5.56 Å². The van der Waals surface area contributed by atoms with Gasteiger partial charge in [0.15, 0.2) is 6.61 Å². The SMILES string of the molecule is O=C(COC(=O)c1ccc(F)cc1)NC(C1CC1)C1CC1. The van der Waals surface area contributed by atoms with Crippen molar-refractivity contribution in [3.63, 3.8) is 0 Å². The largest absolute Gasteiger partial charge is 0.452 e. The lowest BCUT2D eigenvalue weighted by Crippen LogP contribution is -2.40. The Morgan fingerprint density at radius 1 is 1.14 bits per heavy atom. The van der Waals surface area contributed by atoms with E-state index in [9.17, 15) is 14.0 Å². The van der Waals surface area contributed by atoms with E-state index in [0.29, 0.717) is 11.8 Å². The molecule has 1 aromatic rings. The average Bonchev–Trinajstić information content (AvgIpc) is 3.36. The molecule has 0 heterocycles. The highest BCUT2D eigenvalue weighted by atomic mass is 19.1. The summed E-state index contributed by atoms with van der Waals surface area (Å²) < 4.78 is 17.7. The first-order chi connectivity index (χ1) is 10.1. The molecule has 1 N–H and O–H groups in total. The van der Waals surface area contributed by atoms with Crippen molar-refractivity contribution in [2.75, 3.05) is 6.61 Å². The van der Waals surface area contributed by atoms with Gasteiger partial charge in [-0.25, -0.2) is 9.18 Å². The molecular weight excluding hydrogens is 273 g/mol. The number of hydrogen-bond acceptors (Lipinski definition) is 3. The fraction of sp³-hybridized carbons (Fsp3) is 0.500. The minimum Gasteiger partial charge on any atom is -0.452 e. The lowest BCUT2D eigenvalue weighted by atomic mass is 10.1. The van der Waals surface area contributed by atoms with Crippen molar-refractivity contribution in [2.45, 2.75) is 31.7 Å². The molecule has 0 aliphatic heterocycles. The monoisotopic (exact) mass is 291 g/mol. The van der Waals surface area contributed by atoms with Gasteiger partial charge in [-0.15, -0.1) is 0 Å². The third kappa shape index (κ3) is 3.80. The van der Waals surface area contributed by atoms with Gasteiger partial charge in [0.2, 0.25) is 0 Å². The average molecular weight is 291 g/mol. The molecule has 2 fully saturated rings. The van der Waals surface area contributed by atoms with E-state index in [1.54, 1.807) is 0 Å². The van der Waals surface area contributed by atoms with Gasteiger partial charge in [0.1, 0.15) is 5.82 Å². The van der Waals surface area contributed by atoms with Crippen LogP contribution in [0.15, 0.2) is 24.3 Å². The zero-order valence-corrected chi connectivity index (χ0v) is 11.7. The molecule has 0 unspecified atom stereocenters. The second-order valence-electron chi connectivity index (χ2n) is 5.85. The lowest BCUT2D eigenvalue weighted by Gasteiger charge is -2.17. The van der Waals surface area contributed by atoms with Crippen LogP contribution in [0.25, 0.3) is 0 Å². The molecule has 112 valence electrons. The number of carbonyl (C=O) groups excluding carboxylic acids is 2. The van der Waals surface area contributed by atoms with Crippen molar-refractivity contribution in [3.8, 4) is 0 Å². The molecule has 2 aliphatic carbocycles. The van der Waals surface area contributed by atoms with Crippen LogP contribution in [-0.4, -0.2) is 24.5 Å². The summed E-state index contributed by atoms with van der Waals surface area (Å²) in [4.78, 5) is 23.6. The minimum atomic E-state index is -0.612. The van der Waals surface area contributed by atoms with Crippen LogP contribution in [-0.2, 0) is 9.53 Å². The fourth-order valence-electron chi connectivity index (χ4n) is 2.56. The molecule has 5 heteroatoms. The second-order valence-corrected chi connectivity index (χ2v) is 5.85. The second kappa shape index (κ2) is 5.84. The summed E-state index contributed by atoms with van der Waals surface area (Å²) in [7, 11) is 0. The number of amides is 1. The van der Waals surface area contributed by atoms with Crippen molar-refractivity contribution in [1.29, 1.82) is 0 Å². The van der Waals surface area contributed by atoms with Gasteiger partial charge in [0, 0.05) is 6.04 Å². The van der Waals surface area contributed by atoms with Crippen LogP contribution in [0.2, 0.25) is 0 Å². The van der Waals surface area contributed by atoms with Gasteiger partial charge in [-0.3, -0.25) is 4.79 Å². The Kier molecular flexibility index (Phi) is 3.90. The highest BCUT2D eigenvalue weighted by molar-refractivity contribution is 5.91. The Morgan fingerprint density at radius 2 is 1.71 bits per heavy atom. The van der Waals surface area contributed by atoms with Crippen LogP contribution in [0.3, 0.4) is 0 Å². The molecule has 1 aromatic carbocycles. The molecule has 4 nitrogen and oxygen atoms in total. The number of hydrogen-bond donors (Lipinski definition) is 1. The number of esters is 1. The molecule has 2 saturated carbocycles. The number of halogens is 1. The molecule has 1 amide bonds. The van der Waals surface area contributed by atoms with Crippen molar-refractivity contribution in [3.05, 3.63) is 35.6 Å². The van der Waals surface area contributed by atoms with Crippen molar-refractivity contribution in [1.82, 2.24) is 5.32 Å². The topological polar surface area (TPSA) is 55.4 Å². The van der Waals surface area contributed by atoms with E-state index in [-0.39, 0.29) is 24.1 Å². The smallest absolute Gasteiger partial charge is 0.338 e. The third-order valence-corrected chi connectivity index (χ3v) is 4.00. The predicted octanol–water partition coefficient (Wildman–Crippen LogP) is 2.29. The summed E-state index contributed by atoms with van der Waals surface area (Å²) in [5.41, 5.74) is 0.241. The Morgan fingerprint density at radius 3 is 2.24 bits per heavy atom. The molecule has 2 aliphatic rings. The van der Waals surface area contributed by atoms with Crippen LogP contribution < -0.4 is 5.32 Å². The van der Waals surface area contributed by atoms with Gasteiger partial charge < -0.3 is 10.1 Å². The van der Waals surface area contributed by atoms with E-state index < -0.39 is 11.8 Å². The maximum atomic E-state index is 12.8. The molecule has 0 aromatic heterocycles. The molecular formula is C16H18FNO3. The maximum Gasteiger partial charge on any atom is 0.338 e. The van der Waals surface area contributed by atoms with E-state index in [4.69, 9.17) is 4.74 Å². The van der Waals surface area contributed by atoms with Crippen molar-refractivity contribution >= 4 is 11.9 Å². The molecule has 0 saturated heterocycles. The quantitative estimate of drug-likeness (QED) is 0.818. The summed E-state index contributed by atoms with van der Waals surface area (Å²) in [6, 6.07) is 5.31. The van der Waals surface area contributed by atoms with Crippen molar-refractivity contribution < 1.29 is 18.7 Å². The van der Waals surface area contributed by atoms with E-state index in [1.807, 2.05) is 0 Å². The van der Waals surface area contributed by atoms with E-state index in [2.05, 4.69) is 5.32 Å². The van der Waals surface area contributed by atoms with Crippen LogP contribution in [0.5, 0.6) is 0 Å². The van der Waals surface area contributed by atoms with Gasteiger partial charge in [0.25, 0.3) is 5.91 Å². The number of benzene rings is 1.